The Bertz CT molecular complexity index is 854. The Morgan fingerprint density at radius 3 is 2.44 bits per heavy atom. The van der Waals surface area contributed by atoms with Gasteiger partial charge in [-0.05, 0) is 37.5 Å². The summed E-state index contributed by atoms with van der Waals surface area (Å²) in [5, 5.41) is 3.88. The summed E-state index contributed by atoms with van der Waals surface area (Å²) in [6.45, 7) is 8.29. The molecule has 2 aromatic heterocycles. The molecule has 25 heavy (non-hydrogen) atoms. The molecule has 6 nitrogen and oxygen atoms in total. The van der Waals surface area contributed by atoms with Gasteiger partial charge in [0, 0.05) is 4.88 Å². The molecular weight excluding hydrogens is 334 g/mol. The quantitative estimate of drug-likeness (QED) is 0.684. The van der Waals surface area contributed by atoms with Crippen LogP contribution >= 0.6 is 11.3 Å². The molecule has 0 radical (unpaired) electrons. The molecule has 2 heterocycles. The first-order valence-electron chi connectivity index (χ1n) is 8.03. The highest BCUT2D eigenvalue weighted by atomic mass is 32.1. The van der Waals surface area contributed by atoms with Gasteiger partial charge in [0.15, 0.2) is 10.9 Å². The zero-order chi connectivity index (χ0) is 18.0. The van der Waals surface area contributed by atoms with Crippen LogP contribution in [-0.2, 0) is 0 Å². The molecule has 0 bridgehead atoms. The first-order valence-corrected chi connectivity index (χ1v) is 8.85. The SMILES string of the molecule is Cc1nc(Nc2ncnc(Oc3ccc(C(C)C)cc3)c2N)sc1C. The third-order valence-electron chi connectivity index (χ3n) is 3.86. The van der Waals surface area contributed by atoms with E-state index in [2.05, 4.69) is 34.1 Å². The standard InChI is InChI=1S/C18H21N5OS/c1-10(2)13-5-7-14(8-6-13)24-17-15(19)16(20-9-21-17)23-18-22-11(3)12(4)25-18/h5-10H,19H2,1-4H3,(H,20,21,22,23). The molecule has 0 aliphatic carbocycles. The highest BCUT2D eigenvalue weighted by Gasteiger charge is 2.13. The molecule has 0 fully saturated rings. The third kappa shape index (κ3) is 3.88. The van der Waals surface area contributed by atoms with Gasteiger partial charge in [0.2, 0.25) is 5.88 Å². The first kappa shape index (κ1) is 17.2. The van der Waals surface area contributed by atoms with Crippen molar-refractivity contribution in [3.05, 3.63) is 46.7 Å². The molecule has 1 aromatic carbocycles. The normalized spacial score (nSPS) is 10.9. The predicted molar refractivity (Wildman–Crippen MR) is 102 cm³/mol. The molecule has 3 aromatic rings. The van der Waals surface area contributed by atoms with Crippen LogP contribution in [0.15, 0.2) is 30.6 Å². The minimum absolute atomic E-state index is 0.319. The number of nitrogen functional groups attached to an aromatic ring is 1. The molecule has 130 valence electrons. The van der Waals surface area contributed by atoms with Crippen LogP contribution in [0.25, 0.3) is 0 Å². The van der Waals surface area contributed by atoms with Crippen molar-refractivity contribution in [1.82, 2.24) is 15.0 Å². The Labute approximate surface area is 151 Å². The molecule has 0 amide bonds. The lowest BCUT2D eigenvalue weighted by atomic mass is 10.0. The van der Waals surface area contributed by atoms with E-state index in [0.29, 0.717) is 29.1 Å². The molecule has 0 spiro atoms. The number of nitrogens with one attached hydrogen (secondary N) is 1. The van der Waals surface area contributed by atoms with E-state index < -0.39 is 0 Å². The Morgan fingerprint density at radius 1 is 1.12 bits per heavy atom. The number of ether oxygens (including phenoxy) is 1. The topological polar surface area (TPSA) is 86.0 Å². The van der Waals surface area contributed by atoms with Crippen molar-refractivity contribution in [2.45, 2.75) is 33.6 Å². The smallest absolute Gasteiger partial charge is 0.248 e. The van der Waals surface area contributed by atoms with Gasteiger partial charge in [-0.1, -0.05) is 26.0 Å². The van der Waals surface area contributed by atoms with E-state index in [-0.39, 0.29) is 0 Å². The second-order valence-electron chi connectivity index (χ2n) is 6.05. The number of benzene rings is 1. The molecule has 0 saturated heterocycles. The van der Waals surface area contributed by atoms with Gasteiger partial charge >= 0.3 is 0 Å². The van der Waals surface area contributed by atoms with Gasteiger partial charge in [-0.25, -0.2) is 9.97 Å². The number of rotatable bonds is 5. The summed E-state index contributed by atoms with van der Waals surface area (Å²) in [4.78, 5) is 13.9. The van der Waals surface area contributed by atoms with Gasteiger partial charge in [0.1, 0.15) is 17.8 Å². The zero-order valence-electron chi connectivity index (χ0n) is 14.7. The number of hydrogen-bond donors (Lipinski definition) is 2. The van der Waals surface area contributed by atoms with E-state index in [0.717, 1.165) is 15.7 Å². The van der Waals surface area contributed by atoms with Crippen LogP contribution in [0, 0.1) is 13.8 Å². The molecule has 0 saturated carbocycles. The van der Waals surface area contributed by atoms with Gasteiger partial charge in [-0.15, -0.1) is 11.3 Å². The molecule has 0 aliphatic heterocycles. The predicted octanol–water partition coefficient (Wildman–Crippen LogP) is 4.79. The lowest BCUT2D eigenvalue weighted by molar-refractivity contribution is 0.464. The second kappa shape index (κ2) is 7.06. The fraction of sp³-hybridized carbons (Fsp3) is 0.278. The van der Waals surface area contributed by atoms with Crippen molar-refractivity contribution >= 4 is 28.0 Å². The second-order valence-corrected chi connectivity index (χ2v) is 7.26. The summed E-state index contributed by atoms with van der Waals surface area (Å²) in [6.07, 6.45) is 1.42. The summed E-state index contributed by atoms with van der Waals surface area (Å²) < 4.78 is 5.82. The van der Waals surface area contributed by atoms with Crippen molar-refractivity contribution < 1.29 is 4.74 Å². The maximum absolute atomic E-state index is 6.17. The number of nitrogens with zero attached hydrogens (tertiary/aromatic N) is 3. The van der Waals surface area contributed by atoms with Crippen molar-refractivity contribution in [2.75, 3.05) is 11.1 Å². The van der Waals surface area contributed by atoms with Crippen LogP contribution in [0.2, 0.25) is 0 Å². The Hall–Kier alpha value is -2.67. The molecule has 3 N–H and O–H groups in total. The van der Waals surface area contributed by atoms with Gasteiger partial charge in [0.05, 0.1) is 5.69 Å². The third-order valence-corrected chi connectivity index (χ3v) is 4.85. The highest BCUT2D eigenvalue weighted by molar-refractivity contribution is 7.15. The fourth-order valence-electron chi connectivity index (χ4n) is 2.22. The van der Waals surface area contributed by atoms with Gasteiger partial charge in [0.25, 0.3) is 0 Å². The van der Waals surface area contributed by atoms with Crippen LogP contribution in [0.1, 0.15) is 35.9 Å². The molecule has 7 heteroatoms. The van der Waals surface area contributed by atoms with E-state index in [9.17, 15) is 0 Å². The van der Waals surface area contributed by atoms with Crippen LogP contribution in [0.5, 0.6) is 11.6 Å². The first-order chi connectivity index (χ1) is 11.9. The van der Waals surface area contributed by atoms with E-state index in [1.54, 1.807) is 11.3 Å². The van der Waals surface area contributed by atoms with Crippen LogP contribution < -0.4 is 15.8 Å². The largest absolute Gasteiger partial charge is 0.437 e. The Balaban J connectivity index is 1.80. The summed E-state index contributed by atoms with van der Waals surface area (Å²) in [7, 11) is 0. The Kier molecular flexibility index (Phi) is 4.85. The number of aromatic nitrogens is 3. The molecule has 0 unspecified atom stereocenters. The number of anilines is 3. The molecule has 0 atom stereocenters. The fourth-order valence-corrected chi connectivity index (χ4v) is 3.03. The van der Waals surface area contributed by atoms with E-state index in [1.807, 2.05) is 38.1 Å². The van der Waals surface area contributed by atoms with Gasteiger partial charge < -0.3 is 15.8 Å². The Morgan fingerprint density at radius 2 is 1.84 bits per heavy atom. The summed E-state index contributed by atoms with van der Waals surface area (Å²) in [5.74, 6) is 1.96. The number of nitrogens with two attached hydrogens (primary N) is 1. The summed E-state index contributed by atoms with van der Waals surface area (Å²) in [5.41, 5.74) is 8.75. The van der Waals surface area contributed by atoms with Crippen LogP contribution in [0.4, 0.5) is 16.6 Å². The molecular formula is C18H21N5OS. The van der Waals surface area contributed by atoms with Crippen LogP contribution in [-0.4, -0.2) is 15.0 Å². The monoisotopic (exact) mass is 355 g/mol. The van der Waals surface area contributed by atoms with Gasteiger partial charge in [-0.2, -0.15) is 4.98 Å². The van der Waals surface area contributed by atoms with Crippen molar-refractivity contribution in [2.24, 2.45) is 0 Å². The van der Waals surface area contributed by atoms with Crippen molar-refractivity contribution in [3.8, 4) is 11.6 Å². The lowest BCUT2D eigenvalue weighted by Gasteiger charge is -2.11. The number of hydrogen-bond acceptors (Lipinski definition) is 7. The van der Waals surface area contributed by atoms with Crippen molar-refractivity contribution in [3.63, 3.8) is 0 Å². The van der Waals surface area contributed by atoms with E-state index >= 15 is 0 Å². The van der Waals surface area contributed by atoms with Crippen LogP contribution in [0.3, 0.4) is 0 Å². The zero-order valence-corrected chi connectivity index (χ0v) is 15.5. The minimum atomic E-state index is 0.319. The summed E-state index contributed by atoms with van der Waals surface area (Å²) >= 11 is 1.55. The minimum Gasteiger partial charge on any atom is -0.437 e. The lowest BCUT2D eigenvalue weighted by Crippen LogP contribution is -2.03. The average molecular weight is 355 g/mol. The molecule has 3 rings (SSSR count). The average Bonchev–Trinajstić information content (AvgIpc) is 2.89. The highest BCUT2D eigenvalue weighted by Crippen LogP contribution is 2.32. The summed E-state index contributed by atoms with van der Waals surface area (Å²) in [6, 6.07) is 7.91. The van der Waals surface area contributed by atoms with E-state index in [4.69, 9.17) is 10.5 Å². The van der Waals surface area contributed by atoms with Gasteiger partial charge in [-0.3, -0.25) is 0 Å². The maximum Gasteiger partial charge on any atom is 0.248 e. The van der Waals surface area contributed by atoms with Crippen molar-refractivity contribution in [1.29, 1.82) is 0 Å². The molecule has 0 aliphatic rings. The van der Waals surface area contributed by atoms with E-state index in [1.165, 1.54) is 11.9 Å². The number of aryl methyl sites for hydroxylation is 2. The maximum atomic E-state index is 6.17. The number of thiazole rings is 1.